The highest BCUT2D eigenvalue weighted by Gasteiger charge is 2.11. The molecule has 1 aromatic carbocycles. The molecule has 6 heteroatoms. The number of aromatic nitrogens is 2. The summed E-state index contributed by atoms with van der Waals surface area (Å²) in [5, 5.41) is 8.72. The molecular formula is C11H9FN2O3. The second kappa shape index (κ2) is 4.25. The number of rotatable bonds is 3. The molecular weight excluding hydrogens is 227 g/mol. The van der Waals surface area contributed by atoms with E-state index in [1.807, 2.05) is 0 Å². The molecule has 17 heavy (non-hydrogen) atoms. The van der Waals surface area contributed by atoms with Gasteiger partial charge in [0.05, 0.1) is 12.8 Å². The van der Waals surface area contributed by atoms with E-state index in [2.05, 4.69) is 4.98 Å². The Hall–Kier alpha value is -2.37. The molecule has 0 aliphatic heterocycles. The summed E-state index contributed by atoms with van der Waals surface area (Å²) < 4.78 is 19.8. The van der Waals surface area contributed by atoms with Crippen molar-refractivity contribution in [2.75, 3.05) is 7.11 Å². The molecule has 0 bridgehead atoms. The van der Waals surface area contributed by atoms with Gasteiger partial charge in [0.15, 0.2) is 5.69 Å². The Labute approximate surface area is 96.1 Å². The van der Waals surface area contributed by atoms with Crippen molar-refractivity contribution in [3.05, 3.63) is 42.2 Å². The smallest absolute Gasteiger partial charge is 0.356 e. The Balaban J connectivity index is 2.47. The maximum absolute atomic E-state index is 13.6. The Bertz CT molecular complexity index is 566. The van der Waals surface area contributed by atoms with Crippen molar-refractivity contribution in [3.8, 4) is 11.4 Å². The highest BCUT2D eigenvalue weighted by Crippen LogP contribution is 2.20. The van der Waals surface area contributed by atoms with Crippen LogP contribution in [0, 0.1) is 5.82 Å². The van der Waals surface area contributed by atoms with Crippen molar-refractivity contribution >= 4 is 5.97 Å². The molecule has 0 spiro atoms. The van der Waals surface area contributed by atoms with Crippen LogP contribution in [0.1, 0.15) is 10.5 Å². The number of carbonyl (C=O) groups is 1. The van der Waals surface area contributed by atoms with Crippen molar-refractivity contribution < 1.29 is 19.0 Å². The summed E-state index contributed by atoms with van der Waals surface area (Å²) in [5.74, 6) is -1.17. The van der Waals surface area contributed by atoms with Crippen LogP contribution in [0.25, 0.3) is 5.69 Å². The maximum Gasteiger partial charge on any atom is 0.356 e. The van der Waals surface area contributed by atoms with Crippen LogP contribution in [0.4, 0.5) is 4.39 Å². The summed E-state index contributed by atoms with van der Waals surface area (Å²) in [7, 11) is 1.47. The number of halogens is 1. The number of hydrogen-bond acceptors (Lipinski definition) is 3. The highest BCUT2D eigenvalue weighted by molar-refractivity contribution is 5.85. The molecule has 0 atom stereocenters. The monoisotopic (exact) mass is 236 g/mol. The van der Waals surface area contributed by atoms with E-state index in [-0.39, 0.29) is 11.4 Å². The van der Waals surface area contributed by atoms with Crippen LogP contribution in [0.5, 0.6) is 5.75 Å². The van der Waals surface area contributed by atoms with Gasteiger partial charge in [-0.25, -0.2) is 14.2 Å². The van der Waals surface area contributed by atoms with Crippen LogP contribution in [0.15, 0.2) is 30.7 Å². The molecule has 0 unspecified atom stereocenters. The highest BCUT2D eigenvalue weighted by atomic mass is 19.1. The Morgan fingerprint density at radius 3 is 2.88 bits per heavy atom. The molecule has 0 aliphatic rings. The summed E-state index contributed by atoms with van der Waals surface area (Å²) in [5.41, 5.74) is 0.0385. The lowest BCUT2D eigenvalue weighted by molar-refractivity contribution is 0.0691. The normalized spacial score (nSPS) is 10.2. The Morgan fingerprint density at radius 2 is 2.29 bits per heavy atom. The van der Waals surface area contributed by atoms with Crippen LogP contribution in [-0.4, -0.2) is 27.7 Å². The van der Waals surface area contributed by atoms with Crippen molar-refractivity contribution in [1.29, 1.82) is 0 Å². The molecule has 2 aromatic rings. The molecule has 2 rings (SSSR count). The molecule has 0 saturated carbocycles. The summed E-state index contributed by atoms with van der Waals surface area (Å²) in [6, 6.07) is 4.19. The summed E-state index contributed by atoms with van der Waals surface area (Å²) in [4.78, 5) is 14.3. The maximum atomic E-state index is 13.6. The van der Waals surface area contributed by atoms with E-state index in [9.17, 15) is 9.18 Å². The summed E-state index contributed by atoms with van der Waals surface area (Å²) in [6.07, 6.45) is 2.47. The molecule has 1 heterocycles. The minimum atomic E-state index is -1.16. The molecule has 1 aromatic heterocycles. The van der Waals surface area contributed by atoms with E-state index in [4.69, 9.17) is 9.84 Å². The molecule has 1 N–H and O–H groups in total. The van der Waals surface area contributed by atoms with Gasteiger partial charge in [0.2, 0.25) is 0 Å². The number of carboxylic acids is 1. The fraction of sp³-hybridized carbons (Fsp3) is 0.0909. The Morgan fingerprint density at radius 1 is 1.53 bits per heavy atom. The number of imidazole rings is 1. The lowest BCUT2D eigenvalue weighted by atomic mass is 10.3. The van der Waals surface area contributed by atoms with Crippen LogP contribution in [-0.2, 0) is 0 Å². The van der Waals surface area contributed by atoms with Crippen LogP contribution >= 0.6 is 0 Å². The fourth-order valence-electron chi connectivity index (χ4n) is 1.38. The SMILES string of the molecule is COc1ccc(F)c(-n2cnc(C(=O)O)c2)c1. The number of carboxylic acid groups (broad SMARTS) is 1. The topological polar surface area (TPSA) is 64.4 Å². The van der Waals surface area contributed by atoms with Gasteiger partial charge in [-0.15, -0.1) is 0 Å². The summed E-state index contributed by atoms with van der Waals surface area (Å²) in [6.45, 7) is 0. The van der Waals surface area contributed by atoms with E-state index in [1.165, 1.54) is 42.4 Å². The van der Waals surface area contributed by atoms with Crippen molar-refractivity contribution in [2.24, 2.45) is 0 Å². The zero-order valence-electron chi connectivity index (χ0n) is 8.92. The van der Waals surface area contributed by atoms with Crippen LogP contribution in [0.3, 0.4) is 0 Å². The first-order chi connectivity index (χ1) is 8.11. The van der Waals surface area contributed by atoms with Gasteiger partial charge in [-0.05, 0) is 12.1 Å². The van der Waals surface area contributed by atoms with E-state index in [1.54, 1.807) is 0 Å². The zero-order chi connectivity index (χ0) is 12.4. The lowest BCUT2D eigenvalue weighted by Gasteiger charge is -2.06. The van der Waals surface area contributed by atoms with Gasteiger partial charge in [0.1, 0.15) is 17.9 Å². The predicted molar refractivity (Wildman–Crippen MR) is 57.0 cm³/mol. The van der Waals surface area contributed by atoms with Crippen LogP contribution < -0.4 is 4.74 Å². The first-order valence-corrected chi connectivity index (χ1v) is 4.73. The number of benzene rings is 1. The van der Waals surface area contributed by atoms with E-state index in [0.29, 0.717) is 5.75 Å². The standard InChI is InChI=1S/C11H9FN2O3/c1-17-7-2-3-8(12)10(4-7)14-5-9(11(15)16)13-6-14/h2-6H,1H3,(H,15,16). The number of aromatic carboxylic acids is 1. The number of hydrogen-bond donors (Lipinski definition) is 1. The van der Waals surface area contributed by atoms with Gasteiger partial charge in [-0.1, -0.05) is 0 Å². The van der Waals surface area contributed by atoms with Gasteiger partial charge in [0.25, 0.3) is 0 Å². The average molecular weight is 236 g/mol. The number of methoxy groups -OCH3 is 1. The molecule has 5 nitrogen and oxygen atoms in total. The van der Waals surface area contributed by atoms with E-state index < -0.39 is 11.8 Å². The van der Waals surface area contributed by atoms with Gasteiger partial charge >= 0.3 is 5.97 Å². The van der Waals surface area contributed by atoms with Crippen molar-refractivity contribution in [2.45, 2.75) is 0 Å². The van der Waals surface area contributed by atoms with Crippen molar-refractivity contribution in [3.63, 3.8) is 0 Å². The van der Waals surface area contributed by atoms with Gasteiger partial charge in [-0.3, -0.25) is 0 Å². The van der Waals surface area contributed by atoms with Crippen molar-refractivity contribution in [1.82, 2.24) is 9.55 Å². The molecule has 0 radical (unpaired) electrons. The lowest BCUT2D eigenvalue weighted by Crippen LogP contribution is -1.97. The van der Waals surface area contributed by atoms with E-state index >= 15 is 0 Å². The molecule has 0 amide bonds. The second-order valence-corrected chi connectivity index (χ2v) is 3.29. The zero-order valence-corrected chi connectivity index (χ0v) is 8.92. The summed E-state index contributed by atoms with van der Waals surface area (Å²) >= 11 is 0. The minimum absolute atomic E-state index is 0.146. The average Bonchev–Trinajstić information content (AvgIpc) is 2.79. The van der Waals surface area contributed by atoms with Gasteiger partial charge in [-0.2, -0.15) is 0 Å². The minimum Gasteiger partial charge on any atom is -0.497 e. The molecule has 0 fully saturated rings. The first-order valence-electron chi connectivity index (χ1n) is 4.73. The predicted octanol–water partition coefficient (Wildman–Crippen LogP) is 1.72. The van der Waals surface area contributed by atoms with Gasteiger partial charge in [0, 0.05) is 12.3 Å². The number of ether oxygens (including phenoxy) is 1. The first kappa shape index (κ1) is 11.1. The third kappa shape index (κ3) is 2.10. The van der Waals surface area contributed by atoms with Gasteiger partial charge < -0.3 is 14.4 Å². The number of nitrogens with zero attached hydrogens (tertiary/aromatic N) is 2. The fourth-order valence-corrected chi connectivity index (χ4v) is 1.38. The third-order valence-electron chi connectivity index (χ3n) is 2.23. The van der Waals surface area contributed by atoms with E-state index in [0.717, 1.165) is 0 Å². The van der Waals surface area contributed by atoms with Crippen LogP contribution in [0.2, 0.25) is 0 Å². The second-order valence-electron chi connectivity index (χ2n) is 3.29. The third-order valence-corrected chi connectivity index (χ3v) is 2.23. The molecule has 0 saturated heterocycles. The molecule has 88 valence electrons. The molecule has 0 aliphatic carbocycles. The Kier molecular flexibility index (Phi) is 2.78. The largest absolute Gasteiger partial charge is 0.497 e. The quantitative estimate of drug-likeness (QED) is 0.881.